The van der Waals surface area contributed by atoms with E-state index in [-0.39, 0.29) is 19.8 Å². The van der Waals surface area contributed by atoms with E-state index in [0.717, 1.165) is 0 Å². The van der Waals surface area contributed by atoms with Crippen LogP contribution in [0.1, 0.15) is 13.8 Å². The van der Waals surface area contributed by atoms with Crippen LogP contribution in [-0.2, 0) is 14.3 Å². The summed E-state index contributed by atoms with van der Waals surface area (Å²) in [6, 6.07) is 0. The molecule has 0 aromatic carbocycles. The quantitative estimate of drug-likeness (QED) is 0.459. The molecule has 0 aromatic heterocycles. The van der Waals surface area contributed by atoms with Gasteiger partial charge in [0.15, 0.2) is 0 Å². The van der Waals surface area contributed by atoms with Crippen molar-refractivity contribution in [3.8, 4) is 0 Å². The summed E-state index contributed by atoms with van der Waals surface area (Å²) in [7, 11) is 0. The van der Waals surface area contributed by atoms with Gasteiger partial charge >= 0.3 is 5.97 Å². The Kier molecular flexibility index (Phi) is 7.89. The number of hydrogen-bond donors (Lipinski definition) is 2. The lowest BCUT2D eigenvalue weighted by atomic mass is 10.4. The molecule has 0 fully saturated rings. The van der Waals surface area contributed by atoms with E-state index in [0.29, 0.717) is 0 Å². The first-order chi connectivity index (χ1) is 7.06. The van der Waals surface area contributed by atoms with Crippen LogP contribution in [0.25, 0.3) is 0 Å². The van der Waals surface area contributed by atoms with E-state index >= 15 is 0 Å². The maximum absolute atomic E-state index is 10.8. The van der Waals surface area contributed by atoms with Crippen molar-refractivity contribution in [3.63, 3.8) is 0 Å². The van der Waals surface area contributed by atoms with Crippen molar-refractivity contribution < 1.29 is 24.5 Å². The van der Waals surface area contributed by atoms with Gasteiger partial charge in [-0.1, -0.05) is 6.08 Å². The van der Waals surface area contributed by atoms with Crippen LogP contribution in [0.4, 0.5) is 0 Å². The van der Waals surface area contributed by atoms with Crippen LogP contribution in [0.3, 0.4) is 0 Å². The van der Waals surface area contributed by atoms with E-state index in [9.17, 15) is 9.90 Å². The largest absolute Gasteiger partial charge is 0.460 e. The van der Waals surface area contributed by atoms with E-state index in [1.165, 1.54) is 6.08 Å². The fourth-order valence-electron chi connectivity index (χ4n) is 0.785. The molecule has 0 radical (unpaired) electrons. The molecular weight excluding hydrogens is 200 g/mol. The van der Waals surface area contributed by atoms with Crippen molar-refractivity contribution in [2.45, 2.75) is 26.1 Å². The highest BCUT2D eigenvalue weighted by Crippen LogP contribution is 1.91. The third-order valence-corrected chi connectivity index (χ3v) is 1.39. The Labute approximate surface area is 89.3 Å². The highest BCUT2D eigenvalue weighted by atomic mass is 16.5. The number of hydrogen-bond acceptors (Lipinski definition) is 5. The number of carbonyl (C=O) groups excluding carboxylic acids is 1. The number of ether oxygens (including phenoxy) is 2. The minimum absolute atomic E-state index is 0.0357. The fraction of sp³-hybridized carbons (Fsp3) is 0.700. The summed E-state index contributed by atoms with van der Waals surface area (Å²) in [5.41, 5.74) is 0. The van der Waals surface area contributed by atoms with Gasteiger partial charge in [-0.2, -0.15) is 0 Å². The number of aliphatic hydroxyl groups excluding tert-OH is 2. The molecule has 0 saturated heterocycles. The van der Waals surface area contributed by atoms with E-state index in [4.69, 9.17) is 9.84 Å². The Bertz CT molecular complexity index is 200. The summed E-state index contributed by atoms with van der Waals surface area (Å²) in [6.07, 6.45) is 1.39. The lowest BCUT2D eigenvalue weighted by Crippen LogP contribution is -2.25. The normalized spacial score (nSPS) is 15.2. The number of rotatable bonds is 7. The number of esters is 1. The maximum atomic E-state index is 10.8. The summed E-state index contributed by atoms with van der Waals surface area (Å²) >= 11 is 0. The van der Waals surface area contributed by atoms with Gasteiger partial charge in [-0.15, -0.1) is 0 Å². The molecule has 0 rings (SSSR count). The number of carbonyl (C=O) groups is 1. The molecule has 0 amide bonds. The van der Waals surface area contributed by atoms with Crippen molar-refractivity contribution >= 4 is 5.97 Å². The van der Waals surface area contributed by atoms with Gasteiger partial charge in [0.05, 0.1) is 19.3 Å². The minimum Gasteiger partial charge on any atom is -0.460 e. The SMILES string of the molecule is CC=CC(=O)OCC(O)COCC(C)O. The van der Waals surface area contributed by atoms with Gasteiger partial charge in [-0.05, 0) is 13.8 Å². The molecule has 0 spiro atoms. The van der Waals surface area contributed by atoms with Crippen molar-refractivity contribution in [3.05, 3.63) is 12.2 Å². The fourth-order valence-corrected chi connectivity index (χ4v) is 0.785. The molecule has 2 N–H and O–H groups in total. The second-order valence-electron chi connectivity index (χ2n) is 3.17. The van der Waals surface area contributed by atoms with Gasteiger partial charge in [0.2, 0.25) is 0 Å². The first-order valence-electron chi connectivity index (χ1n) is 4.79. The summed E-state index contributed by atoms with van der Waals surface area (Å²) in [5.74, 6) is -0.493. The number of allylic oxidation sites excluding steroid dienone is 1. The molecule has 0 aliphatic carbocycles. The zero-order valence-electron chi connectivity index (χ0n) is 9.05. The van der Waals surface area contributed by atoms with Crippen LogP contribution in [0.15, 0.2) is 12.2 Å². The summed E-state index contributed by atoms with van der Waals surface area (Å²) in [4.78, 5) is 10.8. The second-order valence-corrected chi connectivity index (χ2v) is 3.17. The van der Waals surface area contributed by atoms with Crippen LogP contribution in [0.5, 0.6) is 0 Å². The summed E-state index contributed by atoms with van der Waals surface area (Å²) in [5, 5.41) is 18.1. The third kappa shape index (κ3) is 9.40. The predicted molar refractivity (Wildman–Crippen MR) is 54.3 cm³/mol. The average Bonchev–Trinajstić information content (AvgIpc) is 2.14. The Balaban J connectivity index is 3.48. The van der Waals surface area contributed by atoms with Crippen LogP contribution < -0.4 is 0 Å². The first-order valence-corrected chi connectivity index (χ1v) is 4.79. The molecule has 5 heteroatoms. The molecule has 0 aliphatic rings. The molecule has 5 nitrogen and oxygen atoms in total. The maximum Gasteiger partial charge on any atom is 0.330 e. The summed E-state index contributed by atoms with van der Waals surface area (Å²) < 4.78 is 9.62. The van der Waals surface area contributed by atoms with Crippen LogP contribution in [0, 0.1) is 0 Å². The summed E-state index contributed by atoms with van der Waals surface area (Å²) in [6.45, 7) is 3.36. The smallest absolute Gasteiger partial charge is 0.330 e. The molecular formula is C10H18O5. The van der Waals surface area contributed by atoms with Gasteiger partial charge in [0.25, 0.3) is 0 Å². The Morgan fingerprint density at radius 1 is 1.33 bits per heavy atom. The Morgan fingerprint density at radius 2 is 2.00 bits per heavy atom. The van der Waals surface area contributed by atoms with Crippen molar-refractivity contribution in [1.29, 1.82) is 0 Å². The first kappa shape index (κ1) is 14.1. The molecule has 88 valence electrons. The molecule has 2 atom stereocenters. The minimum atomic E-state index is -0.863. The van der Waals surface area contributed by atoms with Gasteiger partial charge in [0.1, 0.15) is 12.7 Å². The van der Waals surface area contributed by atoms with Gasteiger partial charge in [-0.3, -0.25) is 0 Å². The number of aliphatic hydroxyl groups is 2. The lowest BCUT2D eigenvalue weighted by molar-refractivity contribution is -0.142. The average molecular weight is 218 g/mol. The highest BCUT2D eigenvalue weighted by Gasteiger charge is 2.07. The molecule has 15 heavy (non-hydrogen) atoms. The lowest BCUT2D eigenvalue weighted by Gasteiger charge is -2.11. The zero-order valence-corrected chi connectivity index (χ0v) is 9.05. The second kappa shape index (κ2) is 8.40. The third-order valence-electron chi connectivity index (χ3n) is 1.39. The van der Waals surface area contributed by atoms with E-state index in [1.54, 1.807) is 19.9 Å². The molecule has 2 unspecified atom stereocenters. The van der Waals surface area contributed by atoms with E-state index < -0.39 is 18.2 Å². The molecule has 0 bridgehead atoms. The van der Waals surface area contributed by atoms with Gasteiger partial charge in [0, 0.05) is 6.08 Å². The monoisotopic (exact) mass is 218 g/mol. The van der Waals surface area contributed by atoms with Crippen molar-refractivity contribution in [1.82, 2.24) is 0 Å². The molecule has 0 aromatic rings. The molecule has 0 aliphatic heterocycles. The van der Waals surface area contributed by atoms with E-state index in [1.807, 2.05) is 0 Å². The van der Waals surface area contributed by atoms with Crippen molar-refractivity contribution in [2.75, 3.05) is 19.8 Å². The Morgan fingerprint density at radius 3 is 2.53 bits per heavy atom. The van der Waals surface area contributed by atoms with Gasteiger partial charge in [-0.25, -0.2) is 4.79 Å². The highest BCUT2D eigenvalue weighted by molar-refractivity contribution is 5.81. The van der Waals surface area contributed by atoms with Crippen LogP contribution in [0.2, 0.25) is 0 Å². The van der Waals surface area contributed by atoms with Crippen molar-refractivity contribution in [2.24, 2.45) is 0 Å². The molecule has 0 saturated carbocycles. The van der Waals surface area contributed by atoms with E-state index in [2.05, 4.69) is 4.74 Å². The van der Waals surface area contributed by atoms with Gasteiger partial charge < -0.3 is 19.7 Å². The van der Waals surface area contributed by atoms with Crippen LogP contribution >= 0.6 is 0 Å². The van der Waals surface area contributed by atoms with Crippen LogP contribution in [-0.4, -0.2) is 48.2 Å². The predicted octanol–water partition coefficient (Wildman–Crippen LogP) is -0.136. The Hall–Kier alpha value is -0.910. The zero-order chi connectivity index (χ0) is 11.7. The topological polar surface area (TPSA) is 76.0 Å². The standard InChI is InChI=1S/C10H18O5/c1-3-4-10(13)15-7-9(12)6-14-5-8(2)11/h3-4,8-9,11-12H,5-7H2,1-2H3. The molecule has 0 heterocycles.